The van der Waals surface area contributed by atoms with Gasteiger partial charge in [-0.05, 0) is 32.6 Å². The summed E-state index contributed by atoms with van der Waals surface area (Å²) in [5.41, 5.74) is 4.68. The number of esters is 1. The third-order valence-corrected chi connectivity index (χ3v) is 5.79. The molecule has 3 heterocycles. The predicted octanol–water partition coefficient (Wildman–Crippen LogP) is 4.51. The fourth-order valence-electron chi connectivity index (χ4n) is 3.04. The smallest absolute Gasteiger partial charge is 0.343 e. The molecule has 0 spiro atoms. The number of nitrogens with zero attached hydrogens (tertiary/aromatic N) is 5. The highest BCUT2D eigenvalue weighted by molar-refractivity contribution is 7.98. The van der Waals surface area contributed by atoms with Crippen LogP contribution in [-0.4, -0.2) is 43.4 Å². The molecule has 0 aliphatic carbocycles. The highest BCUT2D eigenvalue weighted by Crippen LogP contribution is 2.29. The summed E-state index contributed by atoms with van der Waals surface area (Å²) in [5, 5.41) is 10.2. The lowest BCUT2D eigenvalue weighted by molar-refractivity contribution is 0.0526. The van der Waals surface area contributed by atoms with Gasteiger partial charge in [0.25, 0.3) is 0 Å². The third-order valence-electron chi connectivity index (χ3n) is 4.41. The van der Waals surface area contributed by atoms with Crippen LogP contribution in [0.2, 0.25) is 0 Å². The SMILES string of the molecule is CCOC(=O)c1cnc(SC)nc1Nc1nc2scc(-c3ccc(C)cc3C)n2n1. The molecule has 154 valence electrons. The Morgan fingerprint density at radius 1 is 1.30 bits per heavy atom. The molecule has 30 heavy (non-hydrogen) atoms. The van der Waals surface area contributed by atoms with Gasteiger partial charge in [-0.25, -0.2) is 19.3 Å². The van der Waals surface area contributed by atoms with Crippen molar-refractivity contribution in [1.82, 2.24) is 24.6 Å². The Hall–Kier alpha value is -2.98. The number of ether oxygens (including phenoxy) is 1. The first kappa shape index (κ1) is 20.3. The normalized spacial score (nSPS) is 11.1. The summed E-state index contributed by atoms with van der Waals surface area (Å²) in [6.07, 6.45) is 3.32. The standard InChI is InChI=1S/C20H20N6O2S2/c1-5-28-17(27)14-9-21-19(29-4)23-16(14)22-18-24-20-26(25-18)15(10-30-20)13-7-6-11(2)8-12(13)3/h6-10H,5H2,1-4H3,(H,21,22,23,25). The molecule has 0 bridgehead atoms. The average molecular weight is 441 g/mol. The van der Waals surface area contributed by atoms with Crippen LogP contribution in [0.3, 0.4) is 0 Å². The number of thioether (sulfide) groups is 1. The number of carbonyl (C=O) groups excluding carboxylic acids is 1. The summed E-state index contributed by atoms with van der Waals surface area (Å²) < 4.78 is 6.91. The minimum atomic E-state index is -0.496. The summed E-state index contributed by atoms with van der Waals surface area (Å²) in [4.78, 5) is 26.1. The Bertz CT molecular complexity index is 1230. The number of rotatable bonds is 6. The molecule has 0 unspecified atom stereocenters. The van der Waals surface area contributed by atoms with E-state index in [0.29, 0.717) is 16.9 Å². The lowest BCUT2D eigenvalue weighted by Crippen LogP contribution is -2.11. The minimum absolute atomic E-state index is 0.238. The van der Waals surface area contributed by atoms with E-state index >= 15 is 0 Å². The Morgan fingerprint density at radius 3 is 2.87 bits per heavy atom. The van der Waals surface area contributed by atoms with Crippen LogP contribution in [0, 0.1) is 13.8 Å². The summed E-state index contributed by atoms with van der Waals surface area (Å²) in [5.74, 6) is 0.174. The largest absolute Gasteiger partial charge is 0.462 e. The summed E-state index contributed by atoms with van der Waals surface area (Å²) in [7, 11) is 0. The van der Waals surface area contributed by atoms with Crippen molar-refractivity contribution in [2.45, 2.75) is 25.9 Å². The van der Waals surface area contributed by atoms with Crippen molar-refractivity contribution in [1.29, 1.82) is 0 Å². The zero-order chi connectivity index (χ0) is 21.3. The van der Waals surface area contributed by atoms with Gasteiger partial charge in [0.1, 0.15) is 5.56 Å². The molecule has 1 N–H and O–H groups in total. The summed E-state index contributed by atoms with van der Waals surface area (Å²) >= 11 is 2.88. The van der Waals surface area contributed by atoms with E-state index in [4.69, 9.17) is 4.74 Å². The molecule has 3 aromatic heterocycles. The van der Waals surface area contributed by atoms with Crippen LogP contribution in [0.25, 0.3) is 16.2 Å². The van der Waals surface area contributed by atoms with Crippen molar-refractivity contribution in [3.8, 4) is 11.3 Å². The topological polar surface area (TPSA) is 94.3 Å². The molecule has 4 rings (SSSR count). The van der Waals surface area contributed by atoms with Crippen molar-refractivity contribution in [3.63, 3.8) is 0 Å². The van der Waals surface area contributed by atoms with Gasteiger partial charge < -0.3 is 10.1 Å². The van der Waals surface area contributed by atoms with Crippen molar-refractivity contribution in [3.05, 3.63) is 46.5 Å². The van der Waals surface area contributed by atoms with Gasteiger partial charge in [-0.2, -0.15) is 4.98 Å². The fourth-order valence-corrected chi connectivity index (χ4v) is 4.21. The van der Waals surface area contributed by atoms with E-state index in [-0.39, 0.29) is 12.2 Å². The van der Waals surface area contributed by atoms with Gasteiger partial charge in [-0.15, -0.1) is 16.4 Å². The van der Waals surface area contributed by atoms with Gasteiger partial charge in [0.2, 0.25) is 10.9 Å². The quantitative estimate of drug-likeness (QED) is 0.266. The maximum atomic E-state index is 12.3. The molecule has 0 amide bonds. The molecule has 0 saturated heterocycles. The molecular formula is C20H20N6O2S2. The average Bonchev–Trinajstić information content (AvgIpc) is 3.28. The Kier molecular flexibility index (Phi) is 5.69. The second-order valence-corrected chi connectivity index (χ2v) is 8.14. The van der Waals surface area contributed by atoms with Crippen molar-refractivity contribution in [2.75, 3.05) is 18.2 Å². The summed E-state index contributed by atoms with van der Waals surface area (Å²) in [6, 6.07) is 6.32. The lowest BCUT2D eigenvalue weighted by atomic mass is 10.0. The number of hydrogen-bond acceptors (Lipinski definition) is 9. The number of fused-ring (bicyclic) bond motifs is 1. The van der Waals surface area contributed by atoms with Gasteiger partial charge in [0.15, 0.2) is 11.0 Å². The van der Waals surface area contributed by atoms with Crippen molar-refractivity contribution >= 4 is 45.8 Å². The van der Waals surface area contributed by atoms with Crippen LogP contribution in [0.1, 0.15) is 28.4 Å². The first-order valence-corrected chi connectivity index (χ1v) is 11.4. The van der Waals surface area contributed by atoms with E-state index < -0.39 is 5.97 Å². The lowest BCUT2D eigenvalue weighted by Gasteiger charge is -2.08. The number of benzene rings is 1. The number of aromatic nitrogens is 5. The van der Waals surface area contributed by atoms with E-state index in [2.05, 4.69) is 57.4 Å². The maximum absolute atomic E-state index is 12.3. The van der Waals surface area contributed by atoms with Gasteiger partial charge in [0.05, 0.1) is 12.3 Å². The Balaban J connectivity index is 1.72. The van der Waals surface area contributed by atoms with Gasteiger partial charge in [-0.3, -0.25) is 0 Å². The first-order chi connectivity index (χ1) is 14.5. The van der Waals surface area contributed by atoms with Crippen LogP contribution >= 0.6 is 23.1 Å². The van der Waals surface area contributed by atoms with E-state index in [1.165, 1.54) is 40.4 Å². The molecule has 4 aromatic rings. The molecule has 0 aliphatic heterocycles. The zero-order valence-electron chi connectivity index (χ0n) is 17.0. The van der Waals surface area contributed by atoms with Gasteiger partial charge in [-0.1, -0.05) is 35.5 Å². The number of aryl methyl sites for hydroxylation is 2. The van der Waals surface area contributed by atoms with Crippen LogP contribution < -0.4 is 5.32 Å². The second kappa shape index (κ2) is 8.41. The van der Waals surface area contributed by atoms with E-state index in [9.17, 15) is 4.79 Å². The van der Waals surface area contributed by atoms with E-state index in [1.54, 1.807) is 11.4 Å². The minimum Gasteiger partial charge on any atom is -0.462 e. The first-order valence-electron chi connectivity index (χ1n) is 9.27. The van der Waals surface area contributed by atoms with Crippen LogP contribution in [-0.2, 0) is 4.74 Å². The Morgan fingerprint density at radius 2 is 2.13 bits per heavy atom. The number of anilines is 2. The molecule has 10 heteroatoms. The number of thiazole rings is 1. The Labute approximate surface area is 181 Å². The third kappa shape index (κ3) is 3.88. The molecule has 0 saturated carbocycles. The molecule has 0 radical (unpaired) electrons. The summed E-state index contributed by atoms with van der Waals surface area (Å²) in [6.45, 7) is 6.17. The second-order valence-electron chi connectivity index (χ2n) is 6.53. The molecule has 0 atom stereocenters. The van der Waals surface area contributed by atoms with E-state index in [0.717, 1.165) is 16.2 Å². The van der Waals surface area contributed by atoms with Crippen molar-refractivity contribution in [2.24, 2.45) is 0 Å². The number of nitrogens with one attached hydrogen (secondary N) is 1. The predicted molar refractivity (Wildman–Crippen MR) is 119 cm³/mol. The molecule has 0 fully saturated rings. The molecule has 0 aliphatic rings. The van der Waals surface area contributed by atoms with Crippen molar-refractivity contribution < 1.29 is 9.53 Å². The maximum Gasteiger partial charge on any atom is 0.343 e. The molecule has 8 nitrogen and oxygen atoms in total. The van der Waals surface area contributed by atoms with Crippen LogP contribution in [0.4, 0.5) is 11.8 Å². The molecular weight excluding hydrogens is 420 g/mol. The number of carbonyl (C=O) groups is 1. The number of hydrogen-bond donors (Lipinski definition) is 1. The van der Waals surface area contributed by atoms with Crippen LogP contribution in [0.15, 0.2) is 34.9 Å². The van der Waals surface area contributed by atoms with Gasteiger partial charge >= 0.3 is 5.97 Å². The van der Waals surface area contributed by atoms with Gasteiger partial charge in [0, 0.05) is 17.1 Å². The monoisotopic (exact) mass is 440 g/mol. The fraction of sp³-hybridized carbons (Fsp3) is 0.250. The van der Waals surface area contributed by atoms with Crippen LogP contribution in [0.5, 0.6) is 0 Å². The van der Waals surface area contributed by atoms with E-state index in [1.807, 2.05) is 11.6 Å². The zero-order valence-corrected chi connectivity index (χ0v) is 18.6. The molecule has 1 aromatic carbocycles. The highest BCUT2D eigenvalue weighted by atomic mass is 32.2. The highest BCUT2D eigenvalue weighted by Gasteiger charge is 2.19.